The molecule has 0 amide bonds. The van der Waals surface area contributed by atoms with Crippen LogP contribution in [-0.4, -0.2) is 23.5 Å². The summed E-state index contributed by atoms with van der Waals surface area (Å²) >= 11 is 0. The van der Waals surface area contributed by atoms with E-state index < -0.39 is 17.7 Å². The summed E-state index contributed by atoms with van der Waals surface area (Å²) in [6, 6.07) is 6.60. The maximum atomic E-state index is 12.2. The molecule has 0 saturated carbocycles. The Bertz CT molecular complexity index is 604. The quantitative estimate of drug-likeness (QED) is 0.497. The van der Waals surface area contributed by atoms with Crippen molar-refractivity contribution in [2.24, 2.45) is 5.92 Å². The number of carbonyl (C=O) groups is 2. The van der Waals surface area contributed by atoms with Gasteiger partial charge in [0.2, 0.25) is 0 Å². The lowest BCUT2D eigenvalue weighted by Gasteiger charge is -2.06. The number of phenols is 1. The molecule has 0 aromatic heterocycles. The molecule has 1 aliphatic rings. The zero-order chi connectivity index (χ0) is 14.7. The van der Waals surface area contributed by atoms with Crippen LogP contribution in [0.25, 0.3) is 6.08 Å². The van der Waals surface area contributed by atoms with Crippen molar-refractivity contribution in [3.63, 3.8) is 0 Å². The maximum Gasteiger partial charge on any atom is 0.322 e. The van der Waals surface area contributed by atoms with Gasteiger partial charge in [-0.05, 0) is 19.1 Å². The average molecular weight is 273 g/mol. The van der Waals surface area contributed by atoms with Gasteiger partial charge in [0.15, 0.2) is 11.7 Å². The van der Waals surface area contributed by atoms with Crippen molar-refractivity contribution in [1.29, 1.82) is 0 Å². The molecule has 1 aromatic carbocycles. The van der Waals surface area contributed by atoms with Crippen LogP contribution in [0.1, 0.15) is 12.5 Å². The number of para-hydroxylation sites is 1. The van der Waals surface area contributed by atoms with Gasteiger partial charge in [-0.3, -0.25) is 9.59 Å². The average Bonchev–Trinajstić information content (AvgIpc) is 2.67. The normalized spacial score (nSPS) is 20.1. The lowest BCUT2D eigenvalue weighted by atomic mass is 10.0. The van der Waals surface area contributed by atoms with Crippen molar-refractivity contribution in [2.45, 2.75) is 6.92 Å². The SMILES string of the molecule is C=C1NC(=Cc2ccccc2O)C(=O)C1C(=O)OCC. The van der Waals surface area contributed by atoms with Gasteiger partial charge in [-0.25, -0.2) is 0 Å². The summed E-state index contributed by atoms with van der Waals surface area (Å²) in [5, 5.41) is 12.5. The Labute approximate surface area is 116 Å². The second kappa shape index (κ2) is 5.61. The van der Waals surface area contributed by atoms with E-state index in [0.717, 1.165) is 0 Å². The Morgan fingerprint density at radius 2 is 2.20 bits per heavy atom. The molecule has 1 unspecified atom stereocenters. The van der Waals surface area contributed by atoms with Crippen LogP contribution in [0.15, 0.2) is 42.2 Å². The molecule has 20 heavy (non-hydrogen) atoms. The van der Waals surface area contributed by atoms with Crippen molar-refractivity contribution in [2.75, 3.05) is 6.61 Å². The molecule has 1 fully saturated rings. The van der Waals surface area contributed by atoms with Crippen LogP contribution >= 0.6 is 0 Å². The molecule has 2 rings (SSSR count). The summed E-state index contributed by atoms with van der Waals surface area (Å²) in [6.45, 7) is 5.54. The van der Waals surface area contributed by atoms with Crippen molar-refractivity contribution in [3.8, 4) is 5.75 Å². The van der Waals surface area contributed by atoms with E-state index in [1.165, 1.54) is 12.1 Å². The van der Waals surface area contributed by atoms with Gasteiger partial charge in [-0.1, -0.05) is 24.8 Å². The molecule has 1 atom stereocenters. The molecular weight excluding hydrogens is 258 g/mol. The third kappa shape index (κ3) is 2.56. The second-order valence-electron chi connectivity index (χ2n) is 4.32. The van der Waals surface area contributed by atoms with E-state index in [9.17, 15) is 14.7 Å². The van der Waals surface area contributed by atoms with Gasteiger partial charge in [-0.15, -0.1) is 0 Å². The van der Waals surface area contributed by atoms with Crippen LogP contribution in [-0.2, 0) is 14.3 Å². The summed E-state index contributed by atoms with van der Waals surface area (Å²) in [7, 11) is 0. The van der Waals surface area contributed by atoms with Crippen LogP contribution in [0.4, 0.5) is 0 Å². The first-order valence-electron chi connectivity index (χ1n) is 6.21. The van der Waals surface area contributed by atoms with Crippen LogP contribution in [0.2, 0.25) is 0 Å². The summed E-state index contributed by atoms with van der Waals surface area (Å²) in [4.78, 5) is 23.9. The highest BCUT2D eigenvalue weighted by molar-refractivity contribution is 6.15. The molecule has 0 radical (unpaired) electrons. The first-order chi connectivity index (χ1) is 9.54. The summed E-state index contributed by atoms with van der Waals surface area (Å²) in [5.41, 5.74) is 0.991. The molecule has 5 heteroatoms. The predicted molar refractivity (Wildman–Crippen MR) is 73.5 cm³/mol. The van der Waals surface area contributed by atoms with Crippen molar-refractivity contribution in [3.05, 3.63) is 47.8 Å². The van der Waals surface area contributed by atoms with Crippen LogP contribution in [0, 0.1) is 5.92 Å². The van der Waals surface area contributed by atoms with Crippen LogP contribution < -0.4 is 5.32 Å². The number of allylic oxidation sites excluding steroid dienone is 1. The highest BCUT2D eigenvalue weighted by Crippen LogP contribution is 2.26. The van der Waals surface area contributed by atoms with Gasteiger partial charge < -0.3 is 15.2 Å². The molecule has 1 saturated heterocycles. The lowest BCUT2D eigenvalue weighted by Crippen LogP contribution is -2.23. The first kappa shape index (κ1) is 13.9. The Morgan fingerprint density at radius 3 is 2.85 bits per heavy atom. The van der Waals surface area contributed by atoms with Gasteiger partial charge in [0.1, 0.15) is 5.75 Å². The third-order valence-electron chi connectivity index (χ3n) is 2.93. The number of hydrogen-bond acceptors (Lipinski definition) is 5. The van der Waals surface area contributed by atoms with Crippen molar-refractivity contribution >= 4 is 17.8 Å². The van der Waals surface area contributed by atoms with E-state index in [-0.39, 0.29) is 23.8 Å². The first-order valence-corrected chi connectivity index (χ1v) is 6.21. The number of nitrogens with one attached hydrogen (secondary N) is 1. The van der Waals surface area contributed by atoms with Crippen LogP contribution in [0.3, 0.4) is 0 Å². The van der Waals surface area contributed by atoms with Gasteiger partial charge in [0, 0.05) is 11.3 Å². The molecule has 0 spiro atoms. The minimum absolute atomic E-state index is 0.0554. The van der Waals surface area contributed by atoms with Crippen molar-refractivity contribution in [1.82, 2.24) is 5.32 Å². The molecule has 0 aliphatic carbocycles. The minimum atomic E-state index is -1.02. The molecule has 0 bridgehead atoms. The van der Waals surface area contributed by atoms with Crippen molar-refractivity contribution < 1.29 is 19.4 Å². The topological polar surface area (TPSA) is 75.6 Å². The van der Waals surface area contributed by atoms with E-state index in [0.29, 0.717) is 5.56 Å². The number of esters is 1. The summed E-state index contributed by atoms with van der Waals surface area (Å²) in [6.07, 6.45) is 1.49. The van der Waals surface area contributed by atoms with E-state index >= 15 is 0 Å². The minimum Gasteiger partial charge on any atom is -0.507 e. The van der Waals surface area contributed by atoms with E-state index in [4.69, 9.17) is 4.74 Å². The number of ether oxygens (including phenoxy) is 1. The standard InChI is InChI=1S/C15H15NO4/c1-3-20-15(19)13-9(2)16-11(14(13)18)8-10-6-4-5-7-12(10)17/h4-8,13,16-17H,2-3H2,1H3. The van der Waals surface area contributed by atoms with Gasteiger partial charge in [0.05, 0.1) is 12.3 Å². The monoisotopic (exact) mass is 273 g/mol. The van der Waals surface area contributed by atoms with Gasteiger partial charge in [0.25, 0.3) is 0 Å². The number of ketones is 1. The molecular formula is C15H15NO4. The fourth-order valence-corrected chi connectivity index (χ4v) is 1.97. The summed E-state index contributed by atoms with van der Waals surface area (Å²) in [5.74, 6) is -1.99. The molecule has 1 heterocycles. The van der Waals surface area contributed by atoms with Crippen LogP contribution in [0.5, 0.6) is 5.75 Å². The summed E-state index contributed by atoms with van der Waals surface area (Å²) < 4.78 is 4.85. The largest absolute Gasteiger partial charge is 0.507 e. The van der Waals surface area contributed by atoms with E-state index in [1.807, 2.05) is 0 Å². The number of benzene rings is 1. The maximum absolute atomic E-state index is 12.2. The fourth-order valence-electron chi connectivity index (χ4n) is 1.97. The number of hydrogen-bond donors (Lipinski definition) is 2. The molecule has 104 valence electrons. The lowest BCUT2D eigenvalue weighted by molar-refractivity contribution is -0.148. The molecule has 1 aromatic rings. The number of Topliss-reactive ketones (excluding diaryl/α,β-unsaturated/α-hetero) is 1. The highest BCUT2D eigenvalue weighted by Gasteiger charge is 2.39. The molecule has 2 N–H and O–H groups in total. The zero-order valence-electron chi connectivity index (χ0n) is 11.1. The Morgan fingerprint density at radius 1 is 1.50 bits per heavy atom. The second-order valence-corrected chi connectivity index (χ2v) is 4.32. The number of carbonyl (C=O) groups excluding carboxylic acids is 2. The Hall–Kier alpha value is -2.56. The highest BCUT2D eigenvalue weighted by atomic mass is 16.5. The Balaban J connectivity index is 2.28. The molecule has 1 aliphatic heterocycles. The zero-order valence-corrected chi connectivity index (χ0v) is 11.1. The number of rotatable bonds is 3. The predicted octanol–water partition coefficient (Wildman–Crippen LogP) is 1.60. The molecule has 5 nitrogen and oxygen atoms in total. The van der Waals surface area contributed by atoms with Gasteiger partial charge in [-0.2, -0.15) is 0 Å². The van der Waals surface area contributed by atoms with E-state index in [2.05, 4.69) is 11.9 Å². The number of phenolic OH excluding ortho intramolecular Hbond substituents is 1. The third-order valence-corrected chi connectivity index (χ3v) is 2.93. The number of aromatic hydroxyl groups is 1. The van der Waals surface area contributed by atoms with E-state index in [1.54, 1.807) is 25.1 Å². The smallest absolute Gasteiger partial charge is 0.322 e. The Kier molecular flexibility index (Phi) is 3.89. The fraction of sp³-hybridized carbons (Fsp3) is 0.200. The van der Waals surface area contributed by atoms with Gasteiger partial charge >= 0.3 is 5.97 Å².